The summed E-state index contributed by atoms with van der Waals surface area (Å²) in [4.78, 5) is 25.8. The lowest BCUT2D eigenvalue weighted by Gasteiger charge is -2.35. The highest BCUT2D eigenvalue weighted by Gasteiger charge is 2.46. The van der Waals surface area contributed by atoms with E-state index in [9.17, 15) is 4.79 Å². The molecule has 1 aromatic rings. The van der Waals surface area contributed by atoms with Crippen LogP contribution in [0.3, 0.4) is 0 Å². The van der Waals surface area contributed by atoms with Crippen LogP contribution in [0.15, 0.2) is 12.4 Å². The minimum absolute atomic E-state index is 0.266. The quantitative estimate of drug-likeness (QED) is 0.824. The second-order valence-corrected chi connectivity index (χ2v) is 8.43. The summed E-state index contributed by atoms with van der Waals surface area (Å²) >= 11 is 0. The van der Waals surface area contributed by atoms with E-state index in [1.54, 1.807) is 11.1 Å². The fraction of sp³-hybridized carbons (Fsp3) is 0.750. The van der Waals surface area contributed by atoms with Gasteiger partial charge in [-0.05, 0) is 58.9 Å². The molecule has 0 radical (unpaired) electrons. The van der Waals surface area contributed by atoms with Crippen LogP contribution in [0.4, 0.5) is 10.6 Å². The summed E-state index contributed by atoms with van der Waals surface area (Å²) in [5, 5.41) is 0. The molecule has 1 saturated carbocycles. The monoisotopic (exact) mass is 358 g/mol. The Hall–Kier alpha value is -1.69. The number of likely N-dealkylation sites (tertiary alicyclic amines) is 1. The van der Waals surface area contributed by atoms with Crippen molar-refractivity contribution in [1.82, 2.24) is 14.9 Å². The molecule has 0 bridgehead atoms. The van der Waals surface area contributed by atoms with Crippen molar-refractivity contribution in [1.29, 1.82) is 0 Å². The van der Waals surface area contributed by atoms with E-state index in [-0.39, 0.29) is 11.7 Å². The maximum atomic E-state index is 12.4. The Morgan fingerprint density at radius 2 is 1.96 bits per heavy atom. The number of rotatable bonds is 3. The molecule has 1 atom stereocenters. The summed E-state index contributed by atoms with van der Waals surface area (Å²) in [5.74, 6) is 1.06. The van der Waals surface area contributed by atoms with Gasteiger partial charge in [-0.3, -0.25) is 9.88 Å². The largest absolute Gasteiger partial charge is 0.441 e. The number of carbonyl (C=O) groups is 1. The van der Waals surface area contributed by atoms with Gasteiger partial charge in [0, 0.05) is 18.5 Å². The number of nitrogens with zero attached hydrogens (tertiary/aromatic N) is 4. The third-order valence-corrected chi connectivity index (χ3v) is 6.27. The first-order valence-electron chi connectivity index (χ1n) is 10.1. The molecule has 3 heterocycles. The standard InChI is InChI=1S/C20H30N4O2/c1-15(2)23-10-6-7-16(13-23)17-11-22-18(12-21-17)24-14-20(26-19(24)25)8-4-3-5-9-20/h11-12,15-16H,3-10,13-14H2,1-2H3/t16-/m1/s1. The van der Waals surface area contributed by atoms with Gasteiger partial charge in [-0.2, -0.15) is 0 Å². The van der Waals surface area contributed by atoms with E-state index in [0.29, 0.717) is 24.3 Å². The van der Waals surface area contributed by atoms with E-state index in [0.717, 1.165) is 44.3 Å². The molecular formula is C20H30N4O2. The Kier molecular flexibility index (Phi) is 4.86. The molecule has 26 heavy (non-hydrogen) atoms. The maximum absolute atomic E-state index is 12.4. The lowest BCUT2D eigenvalue weighted by Crippen LogP contribution is -2.39. The lowest BCUT2D eigenvalue weighted by molar-refractivity contribution is 0.0260. The number of amides is 1. The van der Waals surface area contributed by atoms with E-state index < -0.39 is 0 Å². The number of aromatic nitrogens is 2. The second kappa shape index (κ2) is 7.14. The number of anilines is 1. The third-order valence-electron chi connectivity index (χ3n) is 6.27. The SMILES string of the molecule is CC(C)N1CCC[C@@H](c2cnc(N3CC4(CCCCC4)OC3=O)cn2)C1. The minimum atomic E-state index is -0.295. The van der Waals surface area contributed by atoms with Crippen LogP contribution in [0.5, 0.6) is 0 Å². The Bertz CT molecular complexity index is 640. The highest BCUT2D eigenvalue weighted by Crippen LogP contribution is 2.38. The van der Waals surface area contributed by atoms with Gasteiger partial charge in [0.1, 0.15) is 5.60 Å². The molecule has 3 aliphatic rings. The van der Waals surface area contributed by atoms with Crippen LogP contribution in [-0.2, 0) is 4.74 Å². The molecule has 2 aliphatic heterocycles. The van der Waals surface area contributed by atoms with Gasteiger partial charge in [-0.1, -0.05) is 6.42 Å². The Morgan fingerprint density at radius 3 is 2.65 bits per heavy atom. The molecule has 4 rings (SSSR count). The van der Waals surface area contributed by atoms with Crippen molar-refractivity contribution in [3.8, 4) is 0 Å². The lowest BCUT2D eigenvalue weighted by atomic mass is 9.85. The molecule has 1 aliphatic carbocycles. The van der Waals surface area contributed by atoms with Gasteiger partial charge in [0.05, 0.1) is 24.6 Å². The summed E-state index contributed by atoms with van der Waals surface area (Å²) in [7, 11) is 0. The normalized spacial score (nSPS) is 26.5. The van der Waals surface area contributed by atoms with Gasteiger partial charge in [0.25, 0.3) is 0 Å². The fourth-order valence-corrected chi connectivity index (χ4v) is 4.65. The van der Waals surface area contributed by atoms with Crippen LogP contribution in [-0.4, -0.2) is 52.2 Å². The fourth-order valence-electron chi connectivity index (χ4n) is 4.65. The molecule has 142 valence electrons. The summed E-state index contributed by atoms with van der Waals surface area (Å²) < 4.78 is 5.76. The van der Waals surface area contributed by atoms with Gasteiger partial charge >= 0.3 is 6.09 Å². The van der Waals surface area contributed by atoms with E-state index in [1.807, 2.05) is 6.20 Å². The predicted octanol–water partition coefficient (Wildman–Crippen LogP) is 3.72. The Balaban J connectivity index is 1.45. The Morgan fingerprint density at radius 1 is 1.15 bits per heavy atom. The van der Waals surface area contributed by atoms with Crippen molar-refractivity contribution in [2.45, 2.75) is 76.4 Å². The number of piperidine rings is 1. The molecule has 1 amide bonds. The molecule has 3 fully saturated rings. The smallest absolute Gasteiger partial charge is 0.416 e. The highest BCUT2D eigenvalue weighted by atomic mass is 16.6. The molecule has 2 saturated heterocycles. The summed E-state index contributed by atoms with van der Waals surface area (Å²) in [6.07, 6.45) is 11.2. The number of ether oxygens (including phenoxy) is 1. The zero-order chi connectivity index (χ0) is 18.1. The average Bonchev–Trinajstić information content (AvgIpc) is 2.98. The molecular weight excluding hydrogens is 328 g/mol. The van der Waals surface area contributed by atoms with Gasteiger partial charge in [0.15, 0.2) is 5.82 Å². The summed E-state index contributed by atoms with van der Waals surface area (Å²) in [5.41, 5.74) is 0.746. The topological polar surface area (TPSA) is 58.6 Å². The van der Waals surface area contributed by atoms with Gasteiger partial charge in [0.2, 0.25) is 0 Å². The molecule has 0 aromatic carbocycles. The molecule has 0 N–H and O–H groups in total. The van der Waals surface area contributed by atoms with Gasteiger partial charge < -0.3 is 9.64 Å². The van der Waals surface area contributed by atoms with Crippen molar-refractivity contribution in [2.24, 2.45) is 0 Å². The first-order valence-corrected chi connectivity index (χ1v) is 10.1. The zero-order valence-corrected chi connectivity index (χ0v) is 16.0. The second-order valence-electron chi connectivity index (χ2n) is 8.43. The van der Waals surface area contributed by atoms with Crippen molar-refractivity contribution in [2.75, 3.05) is 24.5 Å². The molecule has 0 unspecified atom stereocenters. The van der Waals surface area contributed by atoms with Crippen LogP contribution in [0.25, 0.3) is 0 Å². The molecule has 6 heteroatoms. The Labute approximate surface area is 155 Å². The molecule has 6 nitrogen and oxygen atoms in total. The van der Waals surface area contributed by atoms with Crippen LogP contribution < -0.4 is 4.90 Å². The first kappa shape index (κ1) is 17.7. The van der Waals surface area contributed by atoms with Crippen LogP contribution in [0, 0.1) is 0 Å². The number of hydrogen-bond acceptors (Lipinski definition) is 5. The minimum Gasteiger partial charge on any atom is -0.441 e. The van der Waals surface area contributed by atoms with Crippen LogP contribution >= 0.6 is 0 Å². The number of carbonyl (C=O) groups excluding carboxylic acids is 1. The van der Waals surface area contributed by atoms with Crippen molar-refractivity contribution < 1.29 is 9.53 Å². The average molecular weight is 358 g/mol. The molecule has 1 spiro atoms. The predicted molar refractivity (Wildman–Crippen MR) is 100 cm³/mol. The van der Waals surface area contributed by atoms with E-state index in [1.165, 1.54) is 19.4 Å². The van der Waals surface area contributed by atoms with Crippen molar-refractivity contribution in [3.63, 3.8) is 0 Å². The first-order chi connectivity index (χ1) is 12.6. The van der Waals surface area contributed by atoms with E-state index >= 15 is 0 Å². The van der Waals surface area contributed by atoms with E-state index in [4.69, 9.17) is 4.74 Å². The summed E-state index contributed by atoms with van der Waals surface area (Å²) in [6.45, 7) is 7.32. The van der Waals surface area contributed by atoms with Gasteiger partial charge in [-0.25, -0.2) is 9.78 Å². The highest BCUT2D eigenvalue weighted by molar-refractivity contribution is 5.89. The number of hydrogen-bond donors (Lipinski definition) is 0. The van der Waals surface area contributed by atoms with Crippen LogP contribution in [0.2, 0.25) is 0 Å². The van der Waals surface area contributed by atoms with Crippen LogP contribution in [0.1, 0.15) is 70.4 Å². The van der Waals surface area contributed by atoms with Crippen molar-refractivity contribution >= 4 is 11.9 Å². The molecule has 1 aromatic heterocycles. The third kappa shape index (κ3) is 3.43. The van der Waals surface area contributed by atoms with Gasteiger partial charge in [-0.15, -0.1) is 0 Å². The maximum Gasteiger partial charge on any atom is 0.416 e. The summed E-state index contributed by atoms with van der Waals surface area (Å²) in [6, 6.07) is 0.566. The zero-order valence-electron chi connectivity index (χ0n) is 16.0. The van der Waals surface area contributed by atoms with E-state index in [2.05, 4.69) is 28.7 Å². The van der Waals surface area contributed by atoms with Crippen molar-refractivity contribution in [3.05, 3.63) is 18.1 Å².